The lowest BCUT2D eigenvalue weighted by molar-refractivity contribution is 3.27. The van der Waals surface area contributed by atoms with Gasteiger partial charge in [0.2, 0.25) is 0 Å². The number of hydrogen-bond donors (Lipinski definition) is 0. The molecule has 0 aromatic carbocycles. The van der Waals surface area contributed by atoms with Gasteiger partial charge in [0.25, 0.3) is 0 Å². The highest BCUT2D eigenvalue weighted by molar-refractivity contribution is 8.25. The standard InChI is InChI=1S/B27H3/c1-15-22(14)26(23(16(2)3)17(4)5)27(24(18(6)7)19(8)9)25(20(10)11)21(12)13/h1H3/q-1. The van der Waals surface area contributed by atoms with Gasteiger partial charge in [-0.1, -0.05) is 7.74 Å². The van der Waals surface area contributed by atoms with Crippen molar-refractivity contribution in [2.45, 2.75) is 0 Å². The van der Waals surface area contributed by atoms with Gasteiger partial charge < -0.3 is 0 Å². The van der Waals surface area contributed by atoms with Gasteiger partial charge in [-0.05, 0) is 177 Å². The Hall–Kier alpha value is 1.75. The first-order valence-corrected chi connectivity index (χ1v) is 8.33. The van der Waals surface area contributed by atoms with E-state index in [1.54, 1.807) is 0 Å². The predicted molar refractivity (Wildman–Crippen MR) is 160 cm³/mol. The van der Waals surface area contributed by atoms with E-state index >= 15 is 0 Å². The molecule has 0 saturated heterocycles. The van der Waals surface area contributed by atoms with Crippen molar-refractivity contribution in [3.63, 3.8) is 0 Å². The Morgan fingerprint density at radius 1 is 0.370 bits per heavy atom. The molecule has 0 heterocycles. The van der Waals surface area contributed by atoms with Crippen LogP contribution in [0.5, 0.6) is 0 Å². The molecule has 0 atom stereocenters. The molecule has 0 amide bonds. The minimum atomic E-state index is -0.933. The molecule has 0 N–H and O–H groups in total. The maximum atomic E-state index is 6.43. The van der Waals surface area contributed by atoms with Crippen LogP contribution in [-0.2, 0) is 0 Å². The Labute approximate surface area is 191 Å². The van der Waals surface area contributed by atoms with Crippen LogP contribution in [0, 0.1) is 0 Å². The van der Waals surface area contributed by atoms with Crippen LogP contribution in [0.1, 0.15) is 0 Å². The van der Waals surface area contributed by atoms with Crippen molar-refractivity contribution in [2.24, 2.45) is 0 Å². The fourth-order valence-electron chi connectivity index (χ4n) is 3.85. The summed E-state index contributed by atoms with van der Waals surface area (Å²) < 4.78 is 0. The summed E-state index contributed by atoms with van der Waals surface area (Å²) in [7, 11) is 80.2. The van der Waals surface area contributed by atoms with Crippen molar-refractivity contribution in [1.82, 2.24) is 0 Å². The quantitative estimate of drug-likeness (QED) is 0.314. The zero-order valence-corrected chi connectivity index (χ0v) is 15.0. The van der Waals surface area contributed by atoms with Crippen LogP contribution in [0.4, 0.5) is 0 Å². The van der Waals surface area contributed by atoms with Crippen molar-refractivity contribution in [3.8, 4) is 0 Å². The molecule has 0 aliphatic heterocycles. The van der Waals surface area contributed by atoms with Gasteiger partial charge in [0.05, 0.1) is 0 Å². The zero-order chi connectivity index (χ0) is 21.6. The van der Waals surface area contributed by atoms with Crippen molar-refractivity contribution in [2.75, 3.05) is 0 Å². The first-order chi connectivity index (χ1) is 12.3. The molecule has 0 fully saturated rings. The highest BCUT2D eigenvalue weighted by Crippen LogP contribution is 2.12. The summed E-state index contributed by atoms with van der Waals surface area (Å²) in [4.78, 5) is 0. The molecule has 0 saturated carbocycles. The molecule has 0 aliphatic rings. The van der Waals surface area contributed by atoms with Gasteiger partial charge in [0, 0.05) is 0 Å². The average molecular weight is 295 g/mol. The van der Waals surface area contributed by atoms with Crippen LogP contribution >= 0.6 is 0 Å². The maximum absolute atomic E-state index is 6.43. The largest absolute Gasteiger partial charge is 0.158 e. The van der Waals surface area contributed by atoms with E-state index in [0.717, 1.165) is 0 Å². The summed E-state index contributed by atoms with van der Waals surface area (Å²) in [6.45, 7) is 0. The molecule has 27 heteroatoms. The second-order valence-corrected chi connectivity index (χ2v) is 6.93. The Kier molecular flexibility index (Phi) is 14.1. The Bertz CT molecular complexity index is 329. The third-order valence-electron chi connectivity index (χ3n) is 4.89. The Morgan fingerprint density at radius 3 is 0.778 bits per heavy atom. The lowest BCUT2D eigenvalue weighted by atomic mass is 8.33. The van der Waals surface area contributed by atoms with E-state index in [9.17, 15) is 0 Å². The van der Waals surface area contributed by atoms with Crippen LogP contribution in [0.25, 0.3) is 0 Å². The molecule has 0 spiro atoms. The van der Waals surface area contributed by atoms with Gasteiger partial charge in [0.15, 0.2) is 0 Å². The molecule has 0 aromatic rings. The third kappa shape index (κ3) is 8.07. The molecule has 27 heavy (non-hydrogen) atoms. The zero-order valence-electron chi connectivity index (χ0n) is 15.0. The monoisotopic (exact) mass is 300 g/mol. The van der Waals surface area contributed by atoms with E-state index in [1.165, 1.54) is 0 Å². The number of hydrogen-bond acceptors (Lipinski definition) is 0. The molecule has 0 nitrogen and oxygen atoms in total. The first-order valence-electron chi connectivity index (χ1n) is 8.33. The van der Waals surface area contributed by atoms with Crippen LogP contribution in [0.2, 0.25) is 0 Å². The average Bonchev–Trinajstić information content (AvgIpc) is 2.48. The number of rotatable bonds is 12. The van der Waals surface area contributed by atoms with Gasteiger partial charge in [-0.25, -0.2) is 0 Å². The first kappa shape index (κ1) is 28.8. The predicted octanol–water partition coefficient (Wildman–Crippen LogP) is -11.1. The molecular weight excluding hydrogens is 292 g/mol. The Morgan fingerprint density at radius 2 is 0.593 bits per heavy atom. The summed E-state index contributed by atoms with van der Waals surface area (Å²) >= 11 is 0. The molecule has 0 rings (SSSR count). The van der Waals surface area contributed by atoms with E-state index in [-0.39, 0.29) is 7.74 Å². The fraction of sp³-hybridized carbons (Fsp3) is 0. The van der Waals surface area contributed by atoms with Gasteiger partial charge in [-0.2, -0.15) is 7.06 Å². The van der Waals surface area contributed by atoms with Crippen molar-refractivity contribution < 1.29 is 0 Å². The summed E-state index contributed by atoms with van der Waals surface area (Å²) in [5.41, 5.74) is 0. The molecular formula is H3B27-. The SMILES string of the molecule is [B]B([B])B(B([B])[B])B(B([B])[B][BH3-])B(B(B([B])[B])B([B])[B])B(B([B])[B])B([B])[B]. The summed E-state index contributed by atoms with van der Waals surface area (Å²) in [5, 5.41) is 0. The highest BCUT2D eigenvalue weighted by atomic mass is 13.3. The smallest absolute Gasteiger partial charge is 0.0000000000471 e. The summed E-state index contributed by atoms with van der Waals surface area (Å²) in [5.74, 6) is 0. The second kappa shape index (κ2) is 13.2. The normalized spacial score (nSPS) is 9.37. The highest BCUT2D eigenvalue weighted by Gasteiger charge is 2.49. The minimum Gasteiger partial charge on any atom is -0.158 e. The third-order valence-corrected chi connectivity index (χ3v) is 4.89. The van der Waals surface area contributed by atoms with Gasteiger partial charge in [-0.15, -0.1) is 0 Å². The van der Waals surface area contributed by atoms with Crippen molar-refractivity contribution >= 4 is 192 Å². The van der Waals surface area contributed by atoms with Crippen LogP contribution in [0.3, 0.4) is 0 Å². The second-order valence-electron chi connectivity index (χ2n) is 6.93. The Balaban J connectivity index is 6.66. The molecule has 27 radical (unpaired) electrons. The van der Waals surface area contributed by atoms with E-state index < -0.39 is 76.6 Å². The lowest BCUT2D eigenvalue weighted by Gasteiger charge is -2.48. The molecule has 85 valence electrons. The molecule has 0 unspecified atom stereocenters. The maximum Gasteiger partial charge on any atom is -0.0000000000471 e. The van der Waals surface area contributed by atoms with Crippen molar-refractivity contribution in [3.05, 3.63) is 0 Å². The topological polar surface area (TPSA) is 0 Å². The van der Waals surface area contributed by atoms with Gasteiger partial charge in [-0.3, -0.25) is 0 Å². The summed E-state index contributed by atoms with van der Waals surface area (Å²) in [6.07, 6.45) is -9.20. The summed E-state index contributed by atoms with van der Waals surface area (Å²) in [6, 6.07) is 0. The van der Waals surface area contributed by atoms with E-state index in [4.69, 9.17) is 101 Å². The molecule has 0 aliphatic carbocycles. The van der Waals surface area contributed by atoms with Crippen LogP contribution in [-0.4, -0.2) is 192 Å². The van der Waals surface area contributed by atoms with Gasteiger partial charge >= 0.3 is 0 Å². The van der Waals surface area contributed by atoms with E-state index in [0.29, 0.717) is 0 Å². The van der Waals surface area contributed by atoms with Crippen LogP contribution < -0.4 is 0 Å². The lowest BCUT2D eigenvalue weighted by Crippen LogP contribution is -2.86. The van der Waals surface area contributed by atoms with E-state index in [1.807, 2.05) is 7.06 Å². The molecule has 0 aromatic heterocycles. The fourth-order valence-corrected chi connectivity index (χ4v) is 3.85. The van der Waals surface area contributed by atoms with Crippen LogP contribution in [0.15, 0.2) is 0 Å². The van der Waals surface area contributed by atoms with Crippen molar-refractivity contribution in [1.29, 1.82) is 0 Å². The van der Waals surface area contributed by atoms with E-state index in [2.05, 4.69) is 0 Å². The van der Waals surface area contributed by atoms with Gasteiger partial charge in [0.1, 0.15) is 0 Å². The minimum absolute atomic E-state index is 0.206. The molecule has 0 bridgehead atoms.